The largest absolute Gasteiger partial charge is 0.488 e. The van der Waals surface area contributed by atoms with Crippen molar-refractivity contribution < 1.29 is 36.6 Å². The molecule has 202 valence electrons. The molecule has 1 saturated heterocycles. The Bertz CT molecular complexity index is 1320. The number of rotatable bonds is 9. The molecule has 1 atom stereocenters. The summed E-state index contributed by atoms with van der Waals surface area (Å²) in [6.07, 6.45) is -4.67. The van der Waals surface area contributed by atoms with Gasteiger partial charge in [-0.1, -0.05) is 18.2 Å². The van der Waals surface area contributed by atoms with E-state index in [1.807, 2.05) is 0 Å². The third-order valence-electron chi connectivity index (χ3n) is 5.59. The zero-order chi connectivity index (χ0) is 27.4. The SMILES string of the molecule is CC(C)Oc1cc(-n2nc(NC(=O)[C@@H]3CNC(=O)C3)cc2-c2cccc(COCC(F)(F)F)c2)ccc1F. The van der Waals surface area contributed by atoms with Crippen molar-refractivity contribution in [2.45, 2.75) is 39.2 Å². The molecule has 1 aromatic heterocycles. The van der Waals surface area contributed by atoms with Crippen LogP contribution in [-0.4, -0.2) is 47.0 Å². The first-order valence-corrected chi connectivity index (χ1v) is 11.9. The van der Waals surface area contributed by atoms with Crippen molar-refractivity contribution in [3.63, 3.8) is 0 Å². The fourth-order valence-electron chi connectivity index (χ4n) is 3.94. The van der Waals surface area contributed by atoms with Crippen LogP contribution in [-0.2, 0) is 20.9 Å². The molecule has 0 spiro atoms. The highest BCUT2D eigenvalue weighted by atomic mass is 19.4. The number of anilines is 1. The first-order chi connectivity index (χ1) is 18.0. The van der Waals surface area contributed by atoms with Crippen LogP contribution in [0.25, 0.3) is 16.9 Å². The van der Waals surface area contributed by atoms with Gasteiger partial charge in [0.2, 0.25) is 11.8 Å². The number of hydrogen-bond donors (Lipinski definition) is 2. The molecule has 12 heteroatoms. The second kappa shape index (κ2) is 11.2. The smallest absolute Gasteiger partial charge is 0.411 e. The van der Waals surface area contributed by atoms with Gasteiger partial charge in [-0.15, -0.1) is 5.10 Å². The summed E-state index contributed by atoms with van der Waals surface area (Å²) in [6.45, 7) is 2.09. The number of nitrogens with one attached hydrogen (secondary N) is 2. The lowest BCUT2D eigenvalue weighted by atomic mass is 10.1. The summed E-state index contributed by atoms with van der Waals surface area (Å²) in [5.41, 5.74) is 1.96. The molecule has 38 heavy (non-hydrogen) atoms. The summed E-state index contributed by atoms with van der Waals surface area (Å²) < 4.78 is 63.7. The number of amides is 2. The van der Waals surface area contributed by atoms with E-state index in [4.69, 9.17) is 9.47 Å². The molecule has 0 aliphatic carbocycles. The molecule has 0 saturated carbocycles. The molecular weight excluding hydrogens is 508 g/mol. The molecule has 8 nitrogen and oxygen atoms in total. The normalized spacial score (nSPS) is 15.6. The lowest BCUT2D eigenvalue weighted by molar-refractivity contribution is -0.176. The molecule has 3 aromatic rings. The first kappa shape index (κ1) is 27.1. The van der Waals surface area contributed by atoms with Crippen molar-refractivity contribution in [3.8, 4) is 22.7 Å². The van der Waals surface area contributed by atoms with Crippen molar-refractivity contribution in [1.29, 1.82) is 0 Å². The van der Waals surface area contributed by atoms with Gasteiger partial charge in [-0.25, -0.2) is 9.07 Å². The first-order valence-electron chi connectivity index (χ1n) is 11.9. The Kier molecular flexibility index (Phi) is 8.00. The number of hydrogen-bond acceptors (Lipinski definition) is 5. The van der Waals surface area contributed by atoms with E-state index in [1.165, 1.54) is 22.9 Å². The van der Waals surface area contributed by atoms with Gasteiger partial charge < -0.3 is 20.1 Å². The molecule has 0 radical (unpaired) electrons. The summed E-state index contributed by atoms with van der Waals surface area (Å²) in [4.78, 5) is 24.2. The van der Waals surface area contributed by atoms with E-state index >= 15 is 0 Å². The van der Waals surface area contributed by atoms with E-state index in [1.54, 1.807) is 44.2 Å². The minimum absolute atomic E-state index is 0.00868. The second-order valence-corrected chi connectivity index (χ2v) is 9.11. The van der Waals surface area contributed by atoms with E-state index in [0.717, 1.165) is 0 Å². The number of halogens is 4. The van der Waals surface area contributed by atoms with E-state index < -0.39 is 30.4 Å². The van der Waals surface area contributed by atoms with Crippen LogP contribution in [0, 0.1) is 11.7 Å². The zero-order valence-corrected chi connectivity index (χ0v) is 20.6. The Morgan fingerprint density at radius 1 is 1.21 bits per heavy atom. The van der Waals surface area contributed by atoms with Crippen LogP contribution in [0.15, 0.2) is 48.5 Å². The molecule has 1 fully saturated rings. The molecule has 2 amide bonds. The second-order valence-electron chi connectivity index (χ2n) is 9.11. The van der Waals surface area contributed by atoms with Crippen molar-refractivity contribution in [1.82, 2.24) is 15.1 Å². The van der Waals surface area contributed by atoms with Crippen molar-refractivity contribution >= 4 is 17.6 Å². The van der Waals surface area contributed by atoms with E-state index in [0.29, 0.717) is 22.5 Å². The third kappa shape index (κ3) is 6.88. The average molecular weight is 535 g/mol. The Morgan fingerprint density at radius 2 is 2.00 bits per heavy atom. The summed E-state index contributed by atoms with van der Waals surface area (Å²) >= 11 is 0. The highest BCUT2D eigenvalue weighted by molar-refractivity contribution is 5.97. The number of nitrogens with zero attached hydrogens (tertiary/aromatic N) is 2. The van der Waals surface area contributed by atoms with E-state index in [9.17, 15) is 27.2 Å². The van der Waals surface area contributed by atoms with Gasteiger partial charge in [-0.05, 0) is 37.6 Å². The number of benzene rings is 2. The Labute approximate surface area is 215 Å². The topological polar surface area (TPSA) is 94.5 Å². The molecule has 2 N–H and O–H groups in total. The Hall–Kier alpha value is -3.93. The van der Waals surface area contributed by atoms with Crippen molar-refractivity contribution in [2.24, 2.45) is 5.92 Å². The van der Waals surface area contributed by atoms with Crippen LogP contribution in [0.3, 0.4) is 0 Å². The fraction of sp³-hybridized carbons (Fsp3) is 0.346. The van der Waals surface area contributed by atoms with Crippen LogP contribution in [0.4, 0.5) is 23.4 Å². The van der Waals surface area contributed by atoms with Crippen LogP contribution in [0.2, 0.25) is 0 Å². The maximum atomic E-state index is 14.4. The van der Waals surface area contributed by atoms with Gasteiger partial charge in [0.05, 0.1) is 30.0 Å². The van der Waals surface area contributed by atoms with Gasteiger partial charge in [0.1, 0.15) is 6.61 Å². The van der Waals surface area contributed by atoms with E-state index in [-0.39, 0.29) is 43.2 Å². The number of carbonyl (C=O) groups excluding carboxylic acids is 2. The van der Waals surface area contributed by atoms with Gasteiger partial charge in [-0.3, -0.25) is 9.59 Å². The standard InChI is InChI=1S/C26H26F4N4O4/c1-15(2)38-22-10-19(6-7-20(22)27)34-21(11-23(33-34)32-25(36)18-9-24(35)31-12-18)17-5-3-4-16(8-17)13-37-14-26(28,29)30/h3-8,10-11,15,18H,9,12-14H2,1-2H3,(H,31,35)(H,32,33,36)/t18-/m0/s1. The van der Waals surface area contributed by atoms with Gasteiger partial charge in [0.25, 0.3) is 0 Å². The molecule has 4 rings (SSSR count). The number of aromatic nitrogens is 2. The van der Waals surface area contributed by atoms with Gasteiger partial charge in [-0.2, -0.15) is 13.2 Å². The van der Waals surface area contributed by atoms with Gasteiger partial charge in [0.15, 0.2) is 17.4 Å². The van der Waals surface area contributed by atoms with E-state index in [2.05, 4.69) is 15.7 Å². The minimum atomic E-state index is -4.44. The maximum Gasteiger partial charge on any atom is 0.411 e. The molecule has 2 heterocycles. The van der Waals surface area contributed by atoms with Crippen LogP contribution < -0.4 is 15.4 Å². The zero-order valence-electron chi connectivity index (χ0n) is 20.6. The average Bonchev–Trinajstić information content (AvgIpc) is 3.46. The molecular formula is C26H26F4N4O4. The molecule has 0 bridgehead atoms. The molecule has 1 aliphatic rings. The monoisotopic (exact) mass is 534 g/mol. The van der Waals surface area contributed by atoms with Crippen molar-refractivity contribution in [3.05, 3.63) is 59.9 Å². The summed E-state index contributed by atoms with van der Waals surface area (Å²) in [5, 5.41) is 9.80. The lowest BCUT2D eigenvalue weighted by Crippen LogP contribution is -2.24. The number of carbonyl (C=O) groups is 2. The Morgan fingerprint density at radius 3 is 2.68 bits per heavy atom. The van der Waals surface area contributed by atoms with Crippen LogP contribution in [0.1, 0.15) is 25.8 Å². The molecule has 1 aliphatic heterocycles. The highest BCUT2D eigenvalue weighted by Crippen LogP contribution is 2.30. The third-order valence-corrected chi connectivity index (χ3v) is 5.59. The number of alkyl halides is 3. The number of ether oxygens (including phenoxy) is 2. The predicted molar refractivity (Wildman–Crippen MR) is 130 cm³/mol. The summed E-state index contributed by atoms with van der Waals surface area (Å²) in [5.74, 6) is -1.54. The quantitative estimate of drug-likeness (QED) is 0.391. The molecule has 2 aromatic carbocycles. The highest BCUT2D eigenvalue weighted by Gasteiger charge is 2.29. The molecule has 0 unspecified atom stereocenters. The van der Waals surface area contributed by atoms with Gasteiger partial charge in [0, 0.05) is 30.7 Å². The lowest BCUT2D eigenvalue weighted by Gasteiger charge is -2.14. The minimum Gasteiger partial charge on any atom is -0.488 e. The van der Waals surface area contributed by atoms with Gasteiger partial charge >= 0.3 is 6.18 Å². The van der Waals surface area contributed by atoms with Crippen molar-refractivity contribution in [2.75, 3.05) is 18.5 Å². The Balaban J connectivity index is 1.68. The van der Waals surface area contributed by atoms with Crippen LogP contribution in [0.5, 0.6) is 5.75 Å². The van der Waals surface area contributed by atoms with Crippen LogP contribution >= 0.6 is 0 Å². The maximum absolute atomic E-state index is 14.4. The summed E-state index contributed by atoms with van der Waals surface area (Å²) in [6, 6.07) is 12.4. The fourth-order valence-corrected chi connectivity index (χ4v) is 3.94. The predicted octanol–water partition coefficient (Wildman–Crippen LogP) is 4.62. The summed E-state index contributed by atoms with van der Waals surface area (Å²) in [7, 11) is 0.